The van der Waals surface area contributed by atoms with Crippen molar-refractivity contribution in [3.8, 4) is 5.75 Å². The molecule has 4 heteroatoms. The number of nitrogens with zero attached hydrogens (tertiary/aromatic N) is 1. The van der Waals surface area contributed by atoms with Crippen molar-refractivity contribution in [3.05, 3.63) is 59.7 Å². The minimum absolute atomic E-state index is 0.139. The van der Waals surface area contributed by atoms with Gasteiger partial charge < -0.3 is 15.4 Å². The summed E-state index contributed by atoms with van der Waals surface area (Å²) in [5.74, 6) is 0.523. The molecule has 0 radical (unpaired) electrons. The quantitative estimate of drug-likeness (QED) is 0.832. The highest BCUT2D eigenvalue weighted by Gasteiger charge is 2.14. The summed E-state index contributed by atoms with van der Waals surface area (Å²) in [5, 5.41) is 0. The van der Waals surface area contributed by atoms with Gasteiger partial charge in [0.2, 0.25) is 5.91 Å². The van der Waals surface area contributed by atoms with Gasteiger partial charge in [-0.3, -0.25) is 4.79 Å². The normalized spacial score (nSPS) is 11.2. The van der Waals surface area contributed by atoms with Crippen molar-refractivity contribution in [2.45, 2.75) is 39.2 Å². The highest BCUT2D eigenvalue weighted by molar-refractivity contribution is 5.74. The Morgan fingerprint density at radius 2 is 1.64 bits per heavy atom. The molecule has 0 fully saturated rings. The molecule has 2 N–H and O–H groups in total. The lowest BCUT2D eigenvalue weighted by atomic mass is 9.87. The Labute approximate surface area is 150 Å². The number of nitrogens with two attached hydrogens (primary N) is 1. The van der Waals surface area contributed by atoms with Crippen LogP contribution in [0.2, 0.25) is 0 Å². The number of hydrogen-bond acceptors (Lipinski definition) is 3. The van der Waals surface area contributed by atoms with Crippen molar-refractivity contribution < 1.29 is 9.53 Å². The zero-order valence-corrected chi connectivity index (χ0v) is 15.6. The lowest BCUT2D eigenvalue weighted by molar-refractivity contribution is -0.117. The molecular weight excluding hydrogens is 312 g/mol. The lowest BCUT2D eigenvalue weighted by Gasteiger charge is -2.25. The molecule has 0 aromatic heterocycles. The maximum absolute atomic E-state index is 11.2. The fourth-order valence-electron chi connectivity index (χ4n) is 2.67. The third kappa shape index (κ3) is 5.52. The maximum Gasteiger partial charge on any atom is 0.219 e. The molecule has 0 unspecified atom stereocenters. The Morgan fingerprint density at radius 1 is 1.04 bits per heavy atom. The molecule has 25 heavy (non-hydrogen) atoms. The molecule has 2 aromatic rings. The van der Waals surface area contributed by atoms with Gasteiger partial charge in [0, 0.05) is 25.2 Å². The summed E-state index contributed by atoms with van der Waals surface area (Å²) < 4.78 is 5.22. The van der Waals surface area contributed by atoms with Gasteiger partial charge in [-0.2, -0.15) is 0 Å². The summed E-state index contributed by atoms with van der Waals surface area (Å²) in [5.41, 5.74) is 9.03. The van der Waals surface area contributed by atoms with E-state index < -0.39 is 0 Å². The number of primary amides is 1. The molecule has 0 bridgehead atoms. The SMILES string of the molecule is COc1ccc(N(CCC(N)=O)Cc2ccc(C(C)(C)C)cc2)cc1. The first kappa shape index (κ1) is 18.8. The number of carbonyl (C=O) groups is 1. The van der Waals surface area contributed by atoms with E-state index in [9.17, 15) is 4.79 Å². The average Bonchev–Trinajstić information content (AvgIpc) is 2.58. The van der Waals surface area contributed by atoms with E-state index in [1.165, 1.54) is 11.1 Å². The fraction of sp³-hybridized carbons (Fsp3) is 0.381. The molecule has 4 nitrogen and oxygen atoms in total. The zero-order chi connectivity index (χ0) is 18.4. The second-order valence-corrected chi connectivity index (χ2v) is 7.28. The number of amides is 1. The van der Waals surface area contributed by atoms with Gasteiger partial charge in [-0.1, -0.05) is 45.0 Å². The zero-order valence-electron chi connectivity index (χ0n) is 15.6. The number of carbonyl (C=O) groups excluding carboxylic acids is 1. The minimum atomic E-state index is -0.290. The molecule has 0 aliphatic carbocycles. The molecule has 0 heterocycles. The first-order valence-electron chi connectivity index (χ1n) is 8.56. The van der Waals surface area contributed by atoms with Gasteiger partial charge in [0.1, 0.15) is 5.75 Å². The van der Waals surface area contributed by atoms with Crippen LogP contribution in [0.25, 0.3) is 0 Å². The van der Waals surface area contributed by atoms with Crippen LogP contribution in [0.3, 0.4) is 0 Å². The van der Waals surface area contributed by atoms with Gasteiger partial charge in [-0.15, -0.1) is 0 Å². The van der Waals surface area contributed by atoms with Gasteiger partial charge in [-0.25, -0.2) is 0 Å². The highest BCUT2D eigenvalue weighted by Crippen LogP contribution is 2.24. The minimum Gasteiger partial charge on any atom is -0.497 e. The molecule has 2 rings (SSSR count). The Hall–Kier alpha value is -2.49. The number of methoxy groups -OCH3 is 1. The third-order valence-electron chi connectivity index (χ3n) is 4.26. The summed E-state index contributed by atoms with van der Waals surface area (Å²) >= 11 is 0. The molecule has 134 valence electrons. The summed E-state index contributed by atoms with van der Waals surface area (Å²) in [6.07, 6.45) is 0.325. The van der Waals surface area contributed by atoms with Crippen molar-refractivity contribution >= 4 is 11.6 Å². The molecule has 0 aliphatic heterocycles. The summed E-state index contributed by atoms with van der Waals surface area (Å²) in [4.78, 5) is 13.4. The van der Waals surface area contributed by atoms with E-state index >= 15 is 0 Å². The van der Waals surface area contributed by atoms with Gasteiger partial charge in [0.05, 0.1) is 7.11 Å². The van der Waals surface area contributed by atoms with Crippen LogP contribution in [0.1, 0.15) is 38.3 Å². The standard InChI is InChI=1S/C21H28N2O2/c1-21(2,3)17-7-5-16(6-8-17)15-23(14-13-20(22)24)18-9-11-19(25-4)12-10-18/h5-12H,13-15H2,1-4H3,(H2,22,24). The van der Waals surface area contributed by atoms with E-state index in [-0.39, 0.29) is 11.3 Å². The number of rotatable bonds is 7. The van der Waals surface area contributed by atoms with Crippen molar-refractivity contribution in [2.75, 3.05) is 18.6 Å². The van der Waals surface area contributed by atoms with Gasteiger partial charge in [-0.05, 0) is 40.8 Å². The first-order chi connectivity index (χ1) is 11.8. The molecule has 1 amide bonds. The molecule has 0 aliphatic rings. The lowest BCUT2D eigenvalue weighted by Crippen LogP contribution is -2.27. The number of hydrogen-bond donors (Lipinski definition) is 1. The number of benzene rings is 2. The van der Waals surface area contributed by atoms with Gasteiger partial charge >= 0.3 is 0 Å². The molecule has 0 saturated carbocycles. The van der Waals surface area contributed by atoms with Gasteiger partial charge in [0.15, 0.2) is 0 Å². The van der Waals surface area contributed by atoms with Crippen LogP contribution in [-0.2, 0) is 16.8 Å². The third-order valence-corrected chi connectivity index (χ3v) is 4.26. The van der Waals surface area contributed by atoms with E-state index in [0.29, 0.717) is 13.0 Å². The van der Waals surface area contributed by atoms with Crippen LogP contribution < -0.4 is 15.4 Å². The van der Waals surface area contributed by atoms with Crippen molar-refractivity contribution in [1.82, 2.24) is 0 Å². The molecule has 0 saturated heterocycles. The topological polar surface area (TPSA) is 55.6 Å². The monoisotopic (exact) mass is 340 g/mol. The van der Waals surface area contributed by atoms with E-state index in [1.807, 2.05) is 24.3 Å². The predicted molar refractivity (Wildman–Crippen MR) is 103 cm³/mol. The Balaban J connectivity index is 2.18. The Kier molecular flexibility index (Phi) is 6.07. The Bertz CT molecular complexity index is 685. The van der Waals surface area contributed by atoms with Crippen LogP contribution in [0.15, 0.2) is 48.5 Å². The van der Waals surface area contributed by atoms with Crippen molar-refractivity contribution in [3.63, 3.8) is 0 Å². The van der Waals surface area contributed by atoms with Crippen LogP contribution in [0, 0.1) is 0 Å². The van der Waals surface area contributed by atoms with Crippen LogP contribution >= 0.6 is 0 Å². The smallest absolute Gasteiger partial charge is 0.219 e. The van der Waals surface area contributed by atoms with Crippen LogP contribution in [0.4, 0.5) is 5.69 Å². The summed E-state index contributed by atoms with van der Waals surface area (Å²) in [6.45, 7) is 7.93. The van der Waals surface area contributed by atoms with Gasteiger partial charge in [0.25, 0.3) is 0 Å². The van der Waals surface area contributed by atoms with E-state index in [0.717, 1.165) is 18.0 Å². The van der Waals surface area contributed by atoms with E-state index in [4.69, 9.17) is 10.5 Å². The number of anilines is 1. The summed E-state index contributed by atoms with van der Waals surface area (Å²) in [7, 11) is 1.65. The molecule has 2 aromatic carbocycles. The van der Waals surface area contributed by atoms with E-state index in [2.05, 4.69) is 49.9 Å². The maximum atomic E-state index is 11.2. The largest absolute Gasteiger partial charge is 0.497 e. The second-order valence-electron chi connectivity index (χ2n) is 7.28. The molecular formula is C21H28N2O2. The predicted octanol–water partition coefficient (Wildman–Crippen LogP) is 3.87. The first-order valence-corrected chi connectivity index (χ1v) is 8.56. The fourth-order valence-corrected chi connectivity index (χ4v) is 2.67. The number of ether oxygens (including phenoxy) is 1. The second kappa shape index (κ2) is 8.06. The molecule has 0 atom stereocenters. The van der Waals surface area contributed by atoms with E-state index in [1.54, 1.807) is 7.11 Å². The molecule has 0 spiro atoms. The van der Waals surface area contributed by atoms with Crippen molar-refractivity contribution in [1.29, 1.82) is 0 Å². The van der Waals surface area contributed by atoms with Crippen molar-refractivity contribution in [2.24, 2.45) is 5.73 Å². The highest BCUT2D eigenvalue weighted by atomic mass is 16.5. The van der Waals surface area contributed by atoms with Crippen LogP contribution in [0.5, 0.6) is 5.75 Å². The van der Waals surface area contributed by atoms with Crippen LogP contribution in [-0.4, -0.2) is 19.6 Å². The summed E-state index contributed by atoms with van der Waals surface area (Å²) in [6, 6.07) is 16.5. The Morgan fingerprint density at radius 3 is 2.12 bits per heavy atom. The average molecular weight is 340 g/mol.